The monoisotopic (exact) mass is 440 g/mol. The number of rotatable bonds is 8. The Morgan fingerprint density at radius 1 is 1.03 bits per heavy atom. The van der Waals surface area contributed by atoms with E-state index < -0.39 is 10.0 Å². The van der Waals surface area contributed by atoms with Gasteiger partial charge in [-0.15, -0.1) is 0 Å². The lowest BCUT2D eigenvalue weighted by molar-refractivity contribution is 0.0950. The topological polar surface area (TPSA) is 84.3 Å². The van der Waals surface area contributed by atoms with E-state index in [9.17, 15) is 13.2 Å². The maximum absolute atomic E-state index is 12.7. The van der Waals surface area contributed by atoms with Crippen molar-refractivity contribution in [2.24, 2.45) is 0 Å². The average Bonchev–Trinajstić information content (AvgIpc) is 3.14. The summed E-state index contributed by atoms with van der Waals surface area (Å²) in [5.41, 5.74) is 4.08. The van der Waals surface area contributed by atoms with Crippen LogP contribution in [-0.4, -0.2) is 41.5 Å². The number of nitrogens with one attached hydrogen (secondary N) is 1. The first-order chi connectivity index (χ1) is 14.8. The predicted molar refractivity (Wildman–Crippen MR) is 121 cm³/mol. The van der Waals surface area contributed by atoms with E-state index in [-0.39, 0.29) is 10.8 Å². The van der Waals surface area contributed by atoms with E-state index in [1.165, 1.54) is 4.31 Å². The van der Waals surface area contributed by atoms with Gasteiger partial charge in [-0.3, -0.25) is 4.79 Å². The standard InChI is InChI=1S/C23H28N4O3S/c1-5-26(6-2)31(29,30)20-13-11-19(12-14-20)15-24-23(28)21-16-25-27(18(21)4)22-10-8-7-9-17(22)3/h7-14,16H,5-6,15H2,1-4H3,(H,24,28). The molecule has 3 rings (SSSR count). The second kappa shape index (κ2) is 9.45. The van der Waals surface area contributed by atoms with Gasteiger partial charge in [0.25, 0.3) is 5.91 Å². The van der Waals surface area contributed by atoms with Gasteiger partial charge in [0.2, 0.25) is 10.0 Å². The van der Waals surface area contributed by atoms with E-state index in [4.69, 9.17) is 0 Å². The number of carbonyl (C=O) groups is 1. The van der Waals surface area contributed by atoms with Crippen LogP contribution in [0.4, 0.5) is 0 Å². The summed E-state index contributed by atoms with van der Waals surface area (Å²) in [5, 5.41) is 7.27. The number of hydrogen-bond donors (Lipinski definition) is 1. The van der Waals surface area contributed by atoms with Crippen molar-refractivity contribution < 1.29 is 13.2 Å². The van der Waals surface area contributed by atoms with Gasteiger partial charge in [-0.05, 0) is 43.2 Å². The third-order valence-corrected chi connectivity index (χ3v) is 7.38. The fourth-order valence-corrected chi connectivity index (χ4v) is 4.90. The van der Waals surface area contributed by atoms with Crippen LogP contribution in [0.25, 0.3) is 5.69 Å². The third kappa shape index (κ3) is 4.70. The van der Waals surface area contributed by atoms with Crippen LogP contribution >= 0.6 is 0 Å². The Hall–Kier alpha value is -2.97. The maximum atomic E-state index is 12.7. The van der Waals surface area contributed by atoms with E-state index in [0.717, 1.165) is 22.5 Å². The van der Waals surface area contributed by atoms with Crippen molar-refractivity contribution in [2.45, 2.75) is 39.1 Å². The Morgan fingerprint density at radius 2 is 1.68 bits per heavy atom. The Morgan fingerprint density at radius 3 is 2.29 bits per heavy atom. The lowest BCUT2D eigenvalue weighted by atomic mass is 10.2. The fraction of sp³-hybridized carbons (Fsp3) is 0.304. The SMILES string of the molecule is CCN(CC)S(=O)(=O)c1ccc(CNC(=O)c2cnn(-c3ccccc3C)c2C)cc1. The minimum Gasteiger partial charge on any atom is -0.348 e. The minimum atomic E-state index is -3.49. The summed E-state index contributed by atoms with van der Waals surface area (Å²) in [7, 11) is -3.49. The van der Waals surface area contributed by atoms with Crippen molar-refractivity contribution in [1.29, 1.82) is 0 Å². The van der Waals surface area contributed by atoms with Crippen molar-refractivity contribution >= 4 is 15.9 Å². The highest BCUT2D eigenvalue weighted by molar-refractivity contribution is 7.89. The molecule has 8 heteroatoms. The second-order valence-corrected chi connectivity index (χ2v) is 9.20. The van der Waals surface area contributed by atoms with Gasteiger partial charge in [0, 0.05) is 19.6 Å². The van der Waals surface area contributed by atoms with Crippen LogP contribution in [0.5, 0.6) is 0 Å². The first kappa shape index (κ1) is 22.7. The molecule has 0 bridgehead atoms. The molecule has 0 aliphatic carbocycles. The van der Waals surface area contributed by atoms with E-state index in [0.29, 0.717) is 25.2 Å². The predicted octanol–water partition coefficient (Wildman–Crippen LogP) is 3.45. The molecule has 7 nitrogen and oxygen atoms in total. The maximum Gasteiger partial charge on any atom is 0.255 e. The Balaban J connectivity index is 1.70. The van der Waals surface area contributed by atoms with Gasteiger partial charge in [-0.2, -0.15) is 9.40 Å². The van der Waals surface area contributed by atoms with Gasteiger partial charge in [0.1, 0.15) is 0 Å². The van der Waals surface area contributed by atoms with Gasteiger partial charge in [-0.25, -0.2) is 13.1 Å². The van der Waals surface area contributed by atoms with Crippen LogP contribution in [0.2, 0.25) is 0 Å². The lowest BCUT2D eigenvalue weighted by Gasteiger charge is -2.18. The van der Waals surface area contributed by atoms with Crippen molar-refractivity contribution in [2.75, 3.05) is 13.1 Å². The number of sulfonamides is 1. The first-order valence-electron chi connectivity index (χ1n) is 10.3. The Bertz CT molecular complexity index is 1160. The Labute approximate surface area is 183 Å². The highest BCUT2D eigenvalue weighted by atomic mass is 32.2. The molecule has 0 saturated carbocycles. The normalized spacial score (nSPS) is 11.6. The molecular weight excluding hydrogens is 412 g/mol. The number of benzene rings is 2. The highest BCUT2D eigenvalue weighted by Gasteiger charge is 2.21. The fourth-order valence-electron chi connectivity index (χ4n) is 3.45. The number of carbonyl (C=O) groups excluding carboxylic acids is 1. The summed E-state index contributed by atoms with van der Waals surface area (Å²) in [6.07, 6.45) is 1.57. The second-order valence-electron chi connectivity index (χ2n) is 7.26. The van der Waals surface area contributed by atoms with E-state index in [2.05, 4.69) is 10.4 Å². The zero-order valence-electron chi connectivity index (χ0n) is 18.3. The molecule has 0 unspecified atom stereocenters. The Kier molecular flexibility index (Phi) is 6.92. The quantitative estimate of drug-likeness (QED) is 0.581. The van der Waals surface area contributed by atoms with Gasteiger partial charge in [-0.1, -0.05) is 44.2 Å². The van der Waals surface area contributed by atoms with Crippen molar-refractivity contribution in [1.82, 2.24) is 19.4 Å². The van der Waals surface area contributed by atoms with Crippen LogP contribution < -0.4 is 5.32 Å². The molecule has 3 aromatic rings. The molecule has 0 fully saturated rings. The zero-order chi connectivity index (χ0) is 22.6. The van der Waals surface area contributed by atoms with Gasteiger partial charge >= 0.3 is 0 Å². The number of amides is 1. The molecule has 0 aliphatic rings. The molecule has 0 atom stereocenters. The van der Waals surface area contributed by atoms with Crippen molar-refractivity contribution in [3.8, 4) is 5.69 Å². The summed E-state index contributed by atoms with van der Waals surface area (Å²) in [5.74, 6) is -0.225. The summed E-state index contributed by atoms with van der Waals surface area (Å²) in [6, 6.07) is 14.5. The molecule has 0 radical (unpaired) electrons. The average molecular weight is 441 g/mol. The molecule has 31 heavy (non-hydrogen) atoms. The van der Waals surface area contributed by atoms with Crippen LogP contribution in [0.1, 0.15) is 41.0 Å². The molecule has 1 aromatic heterocycles. The molecule has 1 heterocycles. The number of para-hydroxylation sites is 1. The largest absolute Gasteiger partial charge is 0.348 e. The van der Waals surface area contributed by atoms with Gasteiger partial charge in [0.05, 0.1) is 28.0 Å². The number of aromatic nitrogens is 2. The molecular formula is C23H28N4O3S. The van der Waals surface area contributed by atoms with Gasteiger partial charge < -0.3 is 5.32 Å². The molecule has 0 saturated heterocycles. The summed E-state index contributed by atoms with van der Waals surface area (Å²) in [4.78, 5) is 12.9. The van der Waals surface area contributed by atoms with Crippen LogP contribution in [-0.2, 0) is 16.6 Å². The molecule has 2 aromatic carbocycles. The van der Waals surface area contributed by atoms with Crippen LogP contribution in [0.3, 0.4) is 0 Å². The molecule has 0 aliphatic heterocycles. The van der Waals surface area contributed by atoms with Crippen molar-refractivity contribution in [3.63, 3.8) is 0 Å². The highest BCUT2D eigenvalue weighted by Crippen LogP contribution is 2.18. The first-order valence-corrected chi connectivity index (χ1v) is 11.7. The van der Waals surface area contributed by atoms with E-state index in [1.54, 1.807) is 35.1 Å². The third-order valence-electron chi connectivity index (χ3n) is 5.32. The molecule has 164 valence electrons. The molecule has 1 amide bonds. The zero-order valence-corrected chi connectivity index (χ0v) is 19.1. The van der Waals surface area contributed by atoms with Crippen LogP contribution in [0, 0.1) is 13.8 Å². The number of nitrogens with zero attached hydrogens (tertiary/aromatic N) is 3. The van der Waals surface area contributed by atoms with Crippen molar-refractivity contribution in [3.05, 3.63) is 77.1 Å². The summed E-state index contributed by atoms with van der Waals surface area (Å²) >= 11 is 0. The van der Waals surface area contributed by atoms with Crippen LogP contribution in [0.15, 0.2) is 59.6 Å². The lowest BCUT2D eigenvalue weighted by Crippen LogP contribution is -2.30. The number of aryl methyl sites for hydroxylation is 1. The molecule has 0 spiro atoms. The molecule has 1 N–H and O–H groups in total. The summed E-state index contributed by atoms with van der Waals surface area (Å²) in [6.45, 7) is 8.63. The smallest absolute Gasteiger partial charge is 0.255 e. The van der Waals surface area contributed by atoms with E-state index in [1.807, 2.05) is 52.0 Å². The van der Waals surface area contributed by atoms with Gasteiger partial charge in [0.15, 0.2) is 0 Å². The van der Waals surface area contributed by atoms with E-state index >= 15 is 0 Å². The minimum absolute atomic E-state index is 0.225. The summed E-state index contributed by atoms with van der Waals surface area (Å²) < 4.78 is 28.3. The number of hydrogen-bond acceptors (Lipinski definition) is 4.